The maximum Gasteiger partial charge on any atom is 0.338 e. The van der Waals surface area contributed by atoms with Gasteiger partial charge in [-0.1, -0.05) is 6.07 Å². The molecule has 0 aliphatic carbocycles. The summed E-state index contributed by atoms with van der Waals surface area (Å²) in [6, 6.07) is 10.9. The number of benzene rings is 2. The van der Waals surface area contributed by atoms with E-state index in [-0.39, 0.29) is 34.1 Å². The number of rotatable bonds is 7. The Labute approximate surface area is 192 Å². The molecule has 2 aromatic carbocycles. The van der Waals surface area contributed by atoms with Gasteiger partial charge in [-0.25, -0.2) is 21.6 Å². The van der Waals surface area contributed by atoms with Crippen LogP contribution in [0.5, 0.6) is 0 Å². The zero-order valence-corrected chi connectivity index (χ0v) is 19.7. The van der Waals surface area contributed by atoms with Crippen LogP contribution in [0, 0.1) is 0 Å². The molecule has 0 bridgehead atoms. The third-order valence-electron chi connectivity index (χ3n) is 4.88. The van der Waals surface area contributed by atoms with E-state index < -0.39 is 37.8 Å². The maximum absolute atomic E-state index is 12.8. The summed E-state index contributed by atoms with van der Waals surface area (Å²) in [6.07, 6.45) is -0.139. The predicted molar refractivity (Wildman–Crippen MR) is 119 cm³/mol. The first kappa shape index (κ1) is 24.8. The minimum absolute atomic E-state index is 0.0258. The molecule has 1 saturated heterocycles. The van der Waals surface area contributed by atoms with Crippen LogP contribution in [0.15, 0.2) is 58.3 Å². The third kappa shape index (κ3) is 6.16. The quantitative estimate of drug-likeness (QED) is 0.567. The highest BCUT2D eigenvalue weighted by Crippen LogP contribution is 2.21. The molecule has 178 valence electrons. The number of ether oxygens (including phenoxy) is 2. The van der Waals surface area contributed by atoms with Crippen molar-refractivity contribution in [2.45, 2.75) is 22.8 Å². The van der Waals surface area contributed by atoms with Crippen LogP contribution in [0.2, 0.25) is 0 Å². The lowest BCUT2D eigenvalue weighted by Gasteiger charge is -2.26. The number of nitrogens with one attached hydrogen (secondary N) is 1. The second-order valence-electron chi connectivity index (χ2n) is 7.38. The number of nitrogens with zero attached hydrogens (tertiary/aromatic N) is 1. The summed E-state index contributed by atoms with van der Waals surface area (Å²) in [7, 11) is -7.14. The van der Waals surface area contributed by atoms with Crippen LogP contribution in [-0.4, -0.2) is 71.7 Å². The summed E-state index contributed by atoms with van der Waals surface area (Å²) in [5, 5.41) is 2.54. The highest BCUT2D eigenvalue weighted by atomic mass is 32.2. The molecule has 1 aliphatic rings. The van der Waals surface area contributed by atoms with Crippen molar-refractivity contribution in [1.82, 2.24) is 4.31 Å². The lowest BCUT2D eigenvalue weighted by Crippen LogP contribution is -2.40. The van der Waals surface area contributed by atoms with Crippen molar-refractivity contribution in [3.63, 3.8) is 0 Å². The average Bonchev–Trinajstić information content (AvgIpc) is 2.79. The van der Waals surface area contributed by atoms with E-state index in [9.17, 15) is 26.4 Å². The number of morpholine rings is 1. The standard InChI is InChI=1S/C21H24N2O8S2/c1-15(31-21(25)16-6-8-18(9-7-16)32(2,26)27)20(24)22-17-4-3-5-19(14-17)33(28,29)23-10-12-30-13-11-23/h3-9,14-15H,10-13H2,1-2H3,(H,22,24)/t15-/m0/s1. The van der Waals surface area contributed by atoms with E-state index >= 15 is 0 Å². The molecule has 10 nitrogen and oxygen atoms in total. The Hall–Kier alpha value is -2.80. The van der Waals surface area contributed by atoms with Crippen molar-refractivity contribution < 1.29 is 35.9 Å². The van der Waals surface area contributed by atoms with Crippen molar-refractivity contribution in [1.29, 1.82) is 0 Å². The summed E-state index contributed by atoms with van der Waals surface area (Å²) in [6.45, 7) is 2.49. The van der Waals surface area contributed by atoms with E-state index in [1.54, 1.807) is 0 Å². The molecule has 1 fully saturated rings. The van der Waals surface area contributed by atoms with Gasteiger partial charge < -0.3 is 14.8 Å². The fourth-order valence-electron chi connectivity index (χ4n) is 3.03. The number of anilines is 1. The highest BCUT2D eigenvalue weighted by molar-refractivity contribution is 7.90. The van der Waals surface area contributed by atoms with Crippen LogP contribution in [-0.2, 0) is 34.1 Å². The van der Waals surface area contributed by atoms with Crippen molar-refractivity contribution in [2.75, 3.05) is 37.9 Å². The minimum atomic E-state index is -3.74. The van der Waals surface area contributed by atoms with Gasteiger partial charge in [-0.2, -0.15) is 4.31 Å². The Morgan fingerprint density at radius 2 is 1.64 bits per heavy atom. The van der Waals surface area contributed by atoms with Gasteiger partial charge in [-0.15, -0.1) is 0 Å². The van der Waals surface area contributed by atoms with Crippen molar-refractivity contribution in [3.05, 3.63) is 54.1 Å². The zero-order valence-electron chi connectivity index (χ0n) is 18.1. The first-order valence-corrected chi connectivity index (χ1v) is 13.3. The van der Waals surface area contributed by atoms with Gasteiger partial charge in [0.1, 0.15) is 0 Å². The van der Waals surface area contributed by atoms with Crippen molar-refractivity contribution >= 4 is 37.4 Å². The highest BCUT2D eigenvalue weighted by Gasteiger charge is 2.27. The fraction of sp³-hybridized carbons (Fsp3) is 0.333. The number of sulfone groups is 1. The minimum Gasteiger partial charge on any atom is -0.449 e. The topological polar surface area (TPSA) is 136 Å². The molecule has 0 unspecified atom stereocenters. The smallest absolute Gasteiger partial charge is 0.338 e. The summed E-state index contributed by atoms with van der Waals surface area (Å²) in [4.78, 5) is 24.8. The van der Waals surface area contributed by atoms with Crippen LogP contribution < -0.4 is 5.32 Å². The molecule has 0 radical (unpaired) electrons. The normalized spacial score (nSPS) is 16.1. The molecule has 1 aliphatic heterocycles. The predicted octanol–water partition coefficient (Wildman–Crippen LogP) is 1.29. The van der Waals surface area contributed by atoms with Crippen LogP contribution in [0.3, 0.4) is 0 Å². The number of esters is 1. The Bertz CT molecular complexity index is 1240. The molecule has 0 aromatic heterocycles. The van der Waals surface area contributed by atoms with Gasteiger partial charge >= 0.3 is 5.97 Å². The molecular weight excluding hydrogens is 472 g/mol. The number of hydrogen-bond acceptors (Lipinski definition) is 8. The molecule has 1 N–H and O–H groups in total. The van der Waals surface area contributed by atoms with Crippen LogP contribution in [0.1, 0.15) is 17.3 Å². The molecule has 0 spiro atoms. The van der Waals surface area contributed by atoms with E-state index in [1.165, 1.54) is 59.8 Å². The second kappa shape index (κ2) is 10.00. The van der Waals surface area contributed by atoms with Gasteiger partial charge in [0, 0.05) is 25.0 Å². The van der Waals surface area contributed by atoms with Crippen molar-refractivity contribution in [3.8, 4) is 0 Å². The molecule has 1 atom stereocenters. The van der Waals surface area contributed by atoms with Gasteiger partial charge in [0.2, 0.25) is 10.0 Å². The molecule has 33 heavy (non-hydrogen) atoms. The van der Waals surface area contributed by atoms with Crippen molar-refractivity contribution in [2.24, 2.45) is 0 Å². The molecule has 0 saturated carbocycles. The van der Waals surface area contributed by atoms with Gasteiger partial charge in [-0.3, -0.25) is 4.79 Å². The maximum atomic E-state index is 12.8. The second-order valence-corrected chi connectivity index (χ2v) is 11.3. The number of amides is 1. The Morgan fingerprint density at radius 1 is 1.00 bits per heavy atom. The van der Waals surface area contributed by atoms with Gasteiger partial charge in [0.25, 0.3) is 5.91 Å². The van der Waals surface area contributed by atoms with E-state index in [0.717, 1.165) is 6.26 Å². The SMILES string of the molecule is C[C@H](OC(=O)c1ccc(S(C)(=O)=O)cc1)C(=O)Nc1cccc(S(=O)(=O)N2CCOCC2)c1. The summed E-state index contributed by atoms with van der Waals surface area (Å²) < 4.78 is 60.3. The van der Waals surface area contributed by atoms with E-state index in [4.69, 9.17) is 9.47 Å². The first-order chi connectivity index (χ1) is 15.5. The Morgan fingerprint density at radius 3 is 2.24 bits per heavy atom. The number of carbonyl (C=O) groups is 2. The largest absolute Gasteiger partial charge is 0.449 e. The molecule has 1 heterocycles. The molecular formula is C21H24N2O8S2. The molecule has 12 heteroatoms. The van der Waals surface area contributed by atoms with Crippen LogP contribution >= 0.6 is 0 Å². The van der Waals surface area contributed by atoms with Gasteiger partial charge in [0.15, 0.2) is 15.9 Å². The molecule has 1 amide bonds. The van der Waals surface area contributed by atoms with E-state index in [1.807, 2.05) is 0 Å². The molecule has 2 aromatic rings. The summed E-state index contributed by atoms with van der Waals surface area (Å²) in [5.41, 5.74) is 0.315. The lowest BCUT2D eigenvalue weighted by atomic mass is 10.2. The fourth-order valence-corrected chi connectivity index (χ4v) is 5.12. The third-order valence-corrected chi connectivity index (χ3v) is 7.90. The summed E-state index contributed by atoms with van der Waals surface area (Å²) in [5.74, 6) is -1.46. The average molecular weight is 497 g/mol. The van der Waals surface area contributed by atoms with E-state index in [0.29, 0.717) is 13.2 Å². The molecule has 3 rings (SSSR count). The van der Waals surface area contributed by atoms with E-state index in [2.05, 4.69) is 5.32 Å². The monoisotopic (exact) mass is 496 g/mol. The van der Waals surface area contributed by atoms with Gasteiger partial charge in [0.05, 0.1) is 28.6 Å². The van der Waals surface area contributed by atoms with Gasteiger partial charge in [-0.05, 0) is 49.4 Å². The number of carbonyl (C=O) groups excluding carboxylic acids is 2. The van der Waals surface area contributed by atoms with Crippen LogP contribution in [0.4, 0.5) is 5.69 Å². The first-order valence-electron chi connectivity index (χ1n) is 9.98. The lowest BCUT2D eigenvalue weighted by molar-refractivity contribution is -0.123. The summed E-state index contributed by atoms with van der Waals surface area (Å²) >= 11 is 0. The number of sulfonamides is 1. The number of hydrogen-bond donors (Lipinski definition) is 1. The Balaban J connectivity index is 1.65. The zero-order chi connectivity index (χ0) is 24.2. The van der Waals surface area contributed by atoms with Crippen LogP contribution in [0.25, 0.3) is 0 Å². The Kier molecular flexibility index (Phi) is 7.52.